The van der Waals surface area contributed by atoms with Crippen LogP contribution in [0.5, 0.6) is 0 Å². The van der Waals surface area contributed by atoms with Gasteiger partial charge < -0.3 is 15.2 Å². The lowest BCUT2D eigenvalue weighted by atomic mass is 9.77. The molecule has 2 N–H and O–H groups in total. The fourth-order valence-electron chi connectivity index (χ4n) is 1.99. The highest BCUT2D eigenvalue weighted by Crippen LogP contribution is 2.28. The summed E-state index contributed by atoms with van der Waals surface area (Å²) in [6, 6.07) is 7.37. The molecule has 0 bridgehead atoms. The molecule has 0 spiro atoms. The summed E-state index contributed by atoms with van der Waals surface area (Å²) >= 11 is 0. The van der Waals surface area contributed by atoms with Gasteiger partial charge in [-0.3, -0.25) is 0 Å². The first kappa shape index (κ1) is 17.2. The molecular formula is C16H18N2O4. The molecule has 1 atom stereocenters. The maximum Gasteiger partial charge on any atom is 0.408 e. The van der Waals surface area contributed by atoms with Crippen molar-refractivity contribution in [1.29, 1.82) is 5.26 Å². The first-order valence-electron chi connectivity index (χ1n) is 6.60. The summed E-state index contributed by atoms with van der Waals surface area (Å²) in [5.74, 6) is -1.18. The lowest BCUT2D eigenvalue weighted by Crippen LogP contribution is -2.52. The van der Waals surface area contributed by atoms with Crippen molar-refractivity contribution in [3.8, 4) is 6.07 Å². The Morgan fingerprint density at radius 1 is 1.45 bits per heavy atom. The Morgan fingerprint density at radius 3 is 2.50 bits per heavy atom. The minimum Gasteiger partial charge on any atom is -0.480 e. The van der Waals surface area contributed by atoms with Gasteiger partial charge in [-0.25, -0.2) is 9.59 Å². The van der Waals surface area contributed by atoms with Gasteiger partial charge in [0.25, 0.3) is 0 Å². The molecule has 1 unspecified atom stereocenters. The first-order chi connectivity index (χ1) is 10.3. The summed E-state index contributed by atoms with van der Waals surface area (Å²) in [6.07, 6.45) is 0.565. The smallest absolute Gasteiger partial charge is 0.408 e. The summed E-state index contributed by atoms with van der Waals surface area (Å²) in [5, 5.41) is 20.6. The first-order valence-corrected chi connectivity index (χ1v) is 6.60. The zero-order chi connectivity index (χ0) is 16.8. The molecule has 1 aromatic rings. The summed E-state index contributed by atoms with van der Waals surface area (Å²) in [5.41, 5.74) is 0.264. The van der Waals surface area contributed by atoms with Gasteiger partial charge in [0.1, 0.15) is 12.6 Å². The van der Waals surface area contributed by atoms with Gasteiger partial charge in [-0.1, -0.05) is 38.6 Å². The number of nitrogens with one attached hydrogen (secondary N) is 1. The number of carboxylic acids is 1. The van der Waals surface area contributed by atoms with Crippen LogP contribution in [0.15, 0.2) is 36.9 Å². The van der Waals surface area contributed by atoms with Crippen LogP contribution in [0.25, 0.3) is 0 Å². The molecule has 0 aromatic heterocycles. The van der Waals surface area contributed by atoms with Crippen molar-refractivity contribution in [2.24, 2.45) is 0 Å². The summed E-state index contributed by atoms with van der Waals surface area (Å²) in [4.78, 5) is 23.1. The molecule has 6 heteroatoms. The SMILES string of the molecule is C=CCOC(=O)NC(C(=O)O)C(C)(C)c1ccc(C#N)cc1. The zero-order valence-corrected chi connectivity index (χ0v) is 12.5. The van der Waals surface area contributed by atoms with Crippen molar-refractivity contribution in [1.82, 2.24) is 5.32 Å². The fourth-order valence-corrected chi connectivity index (χ4v) is 1.99. The van der Waals surface area contributed by atoms with Crippen molar-refractivity contribution in [3.63, 3.8) is 0 Å². The molecule has 1 rings (SSSR count). The maximum absolute atomic E-state index is 11.6. The number of hydrogen-bond donors (Lipinski definition) is 2. The number of carbonyl (C=O) groups excluding carboxylic acids is 1. The van der Waals surface area contributed by atoms with Crippen molar-refractivity contribution in [2.45, 2.75) is 25.3 Å². The van der Waals surface area contributed by atoms with E-state index in [-0.39, 0.29) is 6.61 Å². The van der Waals surface area contributed by atoms with Crippen molar-refractivity contribution >= 4 is 12.1 Å². The van der Waals surface area contributed by atoms with E-state index in [1.807, 2.05) is 6.07 Å². The van der Waals surface area contributed by atoms with E-state index < -0.39 is 23.5 Å². The predicted molar refractivity (Wildman–Crippen MR) is 80.3 cm³/mol. The van der Waals surface area contributed by atoms with Crippen molar-refractivity contribution in [2.75, 3.05) is 6.61 Å². The lowest BCUT2D eigenvalue weighted by molar-refractivity contribution is -0.141. The number of alkyl carbamates (subject to hydrolysis) is 1. The average molecular weight is 302 g/mol. The highest BCUT2D eigenvalue weighted by atomic mass is 16.5. The molecule has 0 heterocycles. The molecule has 0 radical (unpaired) electrons. The molecule has 0 aliphatic carbocycles. The minimum atomic E-state index is -1.18. The van der Waals surface area contributed by atoms with Gasteiger partial charge in [0.2, 0.25) is 0 Å². The molecule has 0 saturated carbocycles. The maximum atomic E-state index is 11.6. The Balaban J connectivity index is 3.01. The number of hydrogen-bond acceptors (Lipinski definition) is 4. The second-order valence-electron chi connectivity index (χ2n) is 5.21. The quantitative estimate of drug-likeness (QED) is 0.785. The van der Waals surface area contributed by atoms with Gasteiger partial charge in [-0.05, 0) is 17.7 Å². The Kier molecular flexibility index (Phi) is 5.70. The van der Waals surface area contributed by atoms with E-state index in [0.717, 1.165) is 0 Å². The van der Waals surface area contributed by atoms with Gasteiger partial charge in [0.15, 0.2) is 0 Å². The Morgan fingerprint density at radius 2 is 2.05 bits per heavy atom. The van der Waals surface area contributed by atoms with Crippen LogP contribution in [-0.2, 0) is 14.9 Å². The van der Waals surface area contributed by atoms with E-state index in [9.17, 15) is 14.7 Å². The number of aliphatic carboxylic acids is 1. The van der Waals surface area contributed by atoms with Crippen LogP contribution >= 0.6 is 0 Å². The number of carbonyl (C=O) groups is 2. The van der Waals surface area contributed by atoms with Gasteiger partial charge in [0.05, 0.1) is 11.6 Å². The van der Waals surface area contributed by atoms with Crippen molar-refractivity contribution in [3.05, 3.63) is 48.0 Å². The fraction of sp³-hybridized carbons (Fsp3) is 0.312. The molecule has 0 saturated heterocycles. The largest absolute Gasteiger partial charge is 0.480 e. The van der Waals surface area contributed by atoms with E-state index in [0.29, 0.717) is 11.1 Å². The summed E-state index contributed by atoms with van der Waals surface area (Å²) < 4.78 is 4.76. The van der Waals surface area contributed by atoms with Crippen LogP contribution in [0.2, 0.25) is 0 Å². The number of nitriles is 1. The molecule has 116 valence electrons. The Labute approximate surface area is 129 Å². The van der Waals surface area contributed by atoms with Crippen LogP contribution in [-0.4, -0.2) is 29.8 Å². The predicted octanol–water partition coefficient (Wildman–Crippen LogP) is 2.20. The zero-order valence-electron chi connectivity index (χ0n) is 12.5. The monoisotopic (exact) mass is 302 g/mol. The Hall–Kier alpha value is -2.81. The van der Waals surface area contributed by atoms with Crippen LogP contribution in [0.4, 0.5) is 4.79 Å². The molecular weight excluding hydrogens is 284 g/mol. The standard InChI is InChI=1S/C16H18N2O4/c1-4-9-22-15(21)18-13(14(19)20)16(2,3)12-7-5-11(10-17)6-8-12/h4-8,13H,1,9H2,2-3H3,(H,18,21)(H,19,20). The van der Waals surface area contributed by atoms with Crippen molar-refractivity contribution < 1.29 is 19.4 Å². The highest BCUT2D eigenvalue weighted by Gasteiger charge is 2.38. The van der Waals surface area contributed by atoms with Gasteiger partial charge >= 0.3 is 12.1 Å². The van der Waals surface area contributed by atoms with Gasteiger partial charge in [0, 0.05) is 5.41 Å². The molecule has 6 nitrogen and oxygen atoms in total. The third-order valence-electron chi connectivity index (χ3n) is 3.32. The van der Waals surface area contributed by atoms with E-state index in [1.165, 1.54) is 6.08 Å². The van der Waals surface area contributed by atoms with E-state index >= 15 is 0 Å². The second-order valence-corrected chi connectivity index (χ2v) is 5.21. The third-order valence-corrected chi connectivity index (χ3v) is 3.32. The summed E-state index contributed by atoms with van der Waals surface area (Å²) in [7, 11) is 0. The average Bonchev–Trinajstić information content (AvgIpc) is 2.50. The molecule has 0 aliphatic heterocycles. The lowest BCUT2D eigenvalue weighted by Gasteiger charge is -2.32. The Bertz CT molecular complexity index is 600. The number of benzene rings is 1. The number of rotatable bonds is 6. The topological polar surface area (TPSA) is 99.4 Å². The molecule has 0 aliphatic rings. The number of nitrogens with zero attached hydrogens (tertiary/aromatic N) is 1. The van der Waals surface area contributed by atoms with Crippen LogP contribution in [0, 0.1) is 11.3 Å². The second kappa shape index (κ2) is 7.27. The number of carboxylic acid groups (broad SMARTS) is 1. The third kappa shape index (κ3) is 4.09. The highest BCUT2D eigenvalue weighted by molar-refractivity contribution is 5.81. The van der Waals surface area contributed by atoms with Crippen LogP contribution in [0.1, 0.15) is 25.0 Å². The molecule has 1 amide bonds. The van der Waals surface area contributed by atoms with E-state index in [1.54, 1.807) is 38.1 Å². The summed E-state index contributed by atoms with van der Waals surface area (Å²) in [6.45, 7) is 6.80. The van der Waals surface area contributed by atoms with Gasteiger partial charge in [-0.15, -0.1) is 0 Å². The van der Waals surface area contributed by atoms with Crippen LogP contribution < -0.4 is 5.32 Å². The number of amides is 1. The molecule has 22 heavy (non-hydrogen) atoms. The number of ether oxygens (including phenoxy) is 1. The van der Waals surface area contributed by atoms with E-state index in [2.05, 4.69) is 11.9 Å². The molecule has 1 aromatic carbocycles. The van der Waals surface area contributed by atoms with Crippen LogP contribution in [0.3, 0.4) is 0 Å². The minimum absolute atomic E-state index is 0.00450. The molecule has 0 fully saturated rings. The van der Waals surface area contributed by atoms with Gasteiger partial charge in [-0.2, -0.15) is 5.26 Å². The normalized spacial score (nSPS) is 11.9. The van der Waals surface area contributed by atoms with E-state index in [4.69, 9.17) is 10.00 Å².